The fourth-order valence-electron chi connectivity index (χ4n) is 0.844. The van der Waals surface area contributed by atoms with Crippen LogP contribution in [0, 0.1) is 5.41 Å². The van der Waals surface area contributed by atoms with Crippen LogP contribution in [0.15, 0.2) is 11.6 Å². The Morgan fingerprint density at radius 2 is 1.65 bits per heavy atom. The van der Waals surface area contributed by atoms with Gasteiger partial charge in [-0.2, -0.15) is 13.2 Å². The smallest absolute Gasteiger partial charge is 0.402 e. The Labute approximate surface area is 92.9 Å². The maximum Gasteiger partial charge on any atom is 0.402 e. The van der Waals surface area contributed by atoms with E-state index in [0.717, 1.165) is 0 Å². The summed E-state index contributed by atoms with van der Waals surface area (Å²) in [5, 5.41) is 10.2. The second-order valence-corrected chi connectivity index (χ2v) is 3.70. The van der Waals surface area contributed by atoms with Gasteiger partial charge in [0.25, 0.3) is 5.92 Å². The average Bonchev–Trinajstić information content (AvgIpc) is 2.13. The van der Waals surface area contributed by atoms with E-state index in [1.54, 1.807) is 0 Å². The van der Waals surface area contributed by atoms with Gasteiger partial charge in [0.1, 0.15) is 6.67 Å². The van der Waals surface area contributed by atoms with Gasteiger partial charge in [0.05, 0.1) is 5.97 Å². The second kappa shape index (κ2) is 4.58. The van der Waals surface area contributed by atoms with Gasteiger partial charge in [-0.15, -0.1) is 0 Å². The zero-order valence-electron chi connectivity index (χ0n) is 8.87. The van der Waals surface area contributed by atoms with Crippen LogP contribution in [-0.4, -0.2) is 24.7 Å². The Hall–Kier alpha value is -1.21. The molecule has 0 aliphatic heterocycles. The lowest BCUT2D eigenvalue weighted by Crippen LogP contribution is -2.51. The summed E-state index contributed by atoms with van der Waals surface area (Å²) in [7, 11) is 0. The van der Waals surface area contributed by atoms with E-state index in [1.807, 2.05) is 0 Å². The first-order valence-corrected chi connectivity index (χ1v) is 4.30. The lowest BCUT2D eigenvalue weighted by molar-refractivity contribution is -0.300. The Morgan fingerprint density at radius 3 is 1.88 bits per heavy atom. The third-order valence-electron chi connectivity index (χ3n) is 2.35. The van der Waals surface area contributed by atoms with Crippen molar-refractivity contribution in [1.29, 1.82) is 0 Å². The van der Waals surface area contributed by atoms with E-state index in [-0.39, 0.29) is 6.92 Å². The monoisotopic (exact) mass is 263 g/mol. The van der Waals surface area contributed by atoms with Crippen molar-refractivity contribution in [3.63, 3.8) is 0 Å². The van der Waals surface area contributed by atoms with Gasteiger partial charge in [0.2, 0.25) is 0 Å². The summed E-state index contributed by atoms with van der Waals surface area (Å²) in [4.78, 5) is 10.2. The van der Waals surface area contributed by atoms with Crippen LogP contribution >= 0.6 is 0 Å². The van der Waals surface area contributed by atoms with Crippen LogP contribution in [0.25, 0.3) is 0 Å². The molecule has 0 rings (SSSR count). The largest absolute Gasteiger partial charge is 0.545 e. The Morgan fingerprint density at radius 1 is 1.24 bits per heavy atom. The quantitative estimate of drug-likeness (QED) is 0.573. The van der Waals surface area contributed by atoms with Crippen LogP contribution in [0.2, 0.25) is 0 Å². The zero-order chi connectivity index (χ0) is 14.1. The van der Waals surface area contributed by atoms with E-state index in [1.165, 1.54) is 0 Å². The van der Waals surface area contributed by atoms with Crippen LogP contribution in [0.1, 0.15) is 13.8 Å². The molecule has 0 aromatic heterocycles. The molecule has 0 aliphatic rings. The number of hydrogen-bond acceptors (Lipinski definition) is 2. The number of hydrogen-bond donors (Lipinski definition) is 0. The third kappa shape index (κ3) is 2.92. The maximum atomic E-state index is 13.3. The molecular weight excluding hydrogens is 254 g/mol. The van der Waals surface area contributed by atoms with Gasteiger partial charge in [0, 0.05) is 0 Å². The molecule has 100 valence electrons. The highest BCUT2D eigenvalue weighted by atomic mass is 19.4. The number of carboxylic acid groups (broad SMARTS) is 1. The topological polar surface area (TPSA) is 40.1 Å². The van der Waals surface area contributed by atoms with E-state index in [0.29, 0.717) is 6.92 Å². The van der Waals surface area contributed by atoms with Crippen molar-refractivity contribution in [2.45, 2.75) is 25.9 Å². The summed E-state index contributed by atoms with van der Waals surface area (Å²) in [5.74, 6) is -6.74. The van der Waals surface area contributed by atoms with Crippen LogP contribution in [-0.2, 0) is 4.79 Å². The Balaban J connectivity index is 5.57. The van der Waals surface area contributed by atoms with Gasteiger partial charge in [-0.1, -0.05) is 0 Å². The van der Waals surface area contributed by atoms with E-state index in [9.17, 15) is 36.2 Å². The summed E-state index contributed by atoms with van der Waals surface area (Å²) in [6, 6.07) is 0. The molecule has 17 heavy (non-hydrogen) atoms. The number of carbonyl (C=O) groups is 1. The minimum Gasteiger partial charge on any atom is -0.545 e. The first kappa shape index (κ1) is 15.8. The van der Waals surface area contributed by atoms with Gasteiger partial charge >= 0.3 is 6.18 Å². The Bertz CT molecular complexity index is 333. The molecule has 1 unspecified atom stereocenters. The number of halogens is 6. The van der Waals surface area contributed by atoms with Crippen molar-refractivity contribution in [3.05, 3.63) is 11.6 Å². The molecule has 0 radical (unpaired) electrons. The maximum absolute atomic E-state index is 13.3. The molecule has 0 amide bonds. The van der Waals surface area contributed by atoms with Gasteiger partial charge in [0.15, 0.2) is 5.41 Å². The molecule has 0 saturated heterocycles. The van der Waals surface area contributed by atoms with Crippen molar-refractivity contribution < 1.29 is 36.2 Å². The normalized spacial score (nSPS) is 17.8. The highest BCUT2D eigenvalue weighted by Gasteiger charge is 2.65. The molecule has 1 atom stereocenters. The third-order valence-corrected chi connectivity index (χ3v) is 2.35. The second-order valence-electron chi connectivity index (χ2n) is 3.70. The molecule has 0 aromatic rings. The fraction of sp³-hybridized carbons (Fsp3) is 0.667. The highest BCUT2D eigenvalue weighted by Crippen LogP contribution is 2.50. The van der Waals surface area contributed by atoms with Crippen LogP contribution < -0.4 is 5.11 Å². The summed E-state index contributed by atoms with van der Waals surface area (Å²) < 4.78 is 75.8. The fourth-order valence-corrected chi connectivity index (χ4v) is 0.844. The minimum atomic E-state index is -5.52. The number of aliphatic carboxylic acids is 1. The predicted octanol–water partition coefficient (Wildman–Crippen LogP) is 1.86. The standard InChI is InChI=1S/C9H10F6O2/c1-5(6(16)17)3-8(11,12)7(2,4-10)9(13,14)15/h3H,4H2,1-2H3,(H,16,17)/p-1. The van der Waals surface area contributed by atoms with Crippen molar-refractivity contribution in [2.75, 3.05) is 6.67 Å². The first-order chi connectivity index (χ1) is 7.39. The van der Waals surface area contributed by atoms with Crippen LogP contribution in [0.4, 0.5) is 26.3 Å². The molecule has 0 fully saturated rings. The van der Waals surface area contributed by atoms with Crippen LogP contribution in [0.5, 0.6) is 0 Å². The molecule has 0 spiro atoms. The van der Waals surface area contributed by atoms with E-state index in [4.69, 9.17) is 0 Å². The molecule has 0 bridgehead atoms. The first-order valence-electron chi connectivity index (χ1n) is 4.30. The lowest BCUT2D eigenvalue weighted by Gasteiger charge is -2.35. The van der Waals surface area contributed by atoms with Gasteiger partial charge in [-0.3, -0.25) is 0 Å². The summed E-state index contributed by atoms with van der Waals surface area (Å²) in [6.07, 6.45) is -5.97. The van der Waals surface area contributed by atoms with Gasteiger partial charge < -0.3 is 9.90 Å². The zero-order valence-corrected chi connectivity index (χ0v) is 8.87. The number of carbonyl (C=O) groups excluding carboxylic acids is 1. The SMILES string of the molecule is CC(=CC(F)(F)C(C)(CF)C(F)(F)F)C(=O)[O-]. The molecule has 0 saturated carbocycles. The van der Waals surface area contributed by atoms with Crippen molar-refractivity contribution in [2.24, 2.45) is 5.41 Å². The van der Waals surface area contributed by atoms with Crippen LogP contribution in [0.3, 0.4) is 0 Å². The van der Waals surface area contributed by atoms with Gasteiger partial charge in [-0.25, -0.2) is 13.2 Å². The summed E-state index contributed by atoms with van der Waals surface area (Å²) >= 11 is 0. The van der Waals surface area contributed by atoms with E-state index < -0.39 is 41.8 Å². The molecular formula is C9H9F6O2-. The van der Waals surface area contributed by atoms with Gasteiger partial charge in [-0.05, 0) is 25.5 Å². The van der Waals surface area contributed by atoms with E-state index in [2.05, 4.69) is 0 Å². The van der Waals surface area contributed by atoms with Crippen molar-refractivity contribution in [1.82, 2.24) is 0 Å². The lowest BCUT2D eigenvalue weighted by atomic mass is 9.83. The molecule has 0 aliphatic carbocycles. The number of alkyl halides is 6. The predicted molar refractivity (Wildman–Crippen MR) is 43.8 cm³/mol. The summed E-state index contributed by atoms with van der Waals surface area (Å²) in [5.41, 5.74) is -5.07. The number of carboxylic acids is 1. The number of rotatable bonds is 4. The molecule has 0 heterocycles. The molecule has 0 N–H and O–H groups in total. The summed E-state index contributed by atoms with van der Waals surface area (Å²) in [6.45, 7) is -1.76. The van der Waals surface area contributed by atoms with E-state index >= 15 is 0 Å². The average molecular weight is 263 g/mol. The van der Waals surface area contributed by atoms with Crippen molar-refractivity contribution >= 4 is 5.97 Å². The highest BCUT2D eigenvalue weighted by molar-refractivity contribution is 5.84. The molecule has 2 nitrogen and oxygen atoms in total. The molecule has 0 aromatic carbocycles. The Kier molecular flexibility index (Phi) is 4.25. The van der Waals surface area contributed by atoms with Crippen molar-refractivity contribution in [3.8, 4) is 0 Å². The number of allylic oxidation sites excluding steroid dienone is 1. The minimum absolute atomic E-state index is 0.0218. The molecule has 8 heteroatoms.